The Hall–Kier alpha value is -0.870. The summed E-state index contributed by atoms with van der Waals surface area (Å²) < 4.78 is 5.60. The van der Waals surface area contributed by atoms with E-state index in [9.17, 15) is 0 Å². The number of aliphatic hydroxyl groups is 1. The summed E-state index contributed by atoms with van der Waals surface area (Å²) in [6.45, 7) is 6.43. The lowest BCUT2D eigenvalue weighted by Crippen LogP contribution is -2.33. The molecule has 96 valence electrons. The lowest BCUT2D eigenvalue weighted by atomic mass is 10.0. The average Bonchev–Trinajstić information content (AvgIpc) is 2.87. The second-order valence-corrected chi connectivity index (χ2v) is 4.83. The van der Waals surface area contributed by atoms with Crippen LogP contribution in [0.25, 0.3) is 0 Å². The zero-order valence-corrected chi connectivity index (χ0v) is 10.7. The molecule has 17 heavy (non-hydrogen) atoms. The molecule has 4 nitrogen and oxygen atoms in total. The molecule has 1 aromatic heterocycles. The molecule has 2 unspecified atom stereocenters. The molecule has 1 aromatic rings. The predicted octanol–water partition coefficient (Wildman–Crippen LogP) is 2.32. The van der Waals surface area contributed by atoms with E-state index in [0.717, 1.165) is 31.1 Å². The Bertz CT molecular complexity index is 351. The first-order valence-electron chi connectivity index (χ1n) is 6.56. The molecular formula is C13H22N2O2. The van der Waals surface area contributed by atoms with E-state index in [1.807, 2.05) is 6.92 Å². The molecule has 4 heteroatoms. The molecule has 0 spiro atoms. The molecule has 1 aliphatic heterocycles. The Morgan fingerprint density at radius 2 is 2.41 bits per heavy atom. The summed E-state index contributed by atoms with van der Waals surface area (Å²) in [4.78, 5) is 6.95. The maximum Gasteiger partial charge on any atom is 0.211 e. The number of hydrogen-bond donors (Lipinski definition) is 1. The fourth-order valence-corrected chi connectivity index (χ4v) is 2.42. The molecule has 0 bridgehead atoms. The summed E-state index contributed by atoms with van der Waals surface area (Å²) in [6, 6.07) is 0.327. The van der Waals surface area contributed by atoms with E-state index in [4.69, 9.17) is 9.52 Å². The average molecular weight is 238 g/mol. The van der Waals surface area contributed by atoms with Gasteiger partial charge in [-0.15, -0.1) is 0 Å². The third-order valence-corrected chi connectivity index (χ3v) is 3.62. The van der Waals surface area contributed by atoms with Crippen LogP contribution in [-0.2, 0) is 0 Å². The summed E-state index contributed by atoms with van der Waals surface area (Å²) in [5, 5.41) is 9.11. The third kappa shape index (κ3) is 2.69. The zero-order valence-electron chi connectivity index (χ0n) is 10.7. The summed E-state index contributed by atoms with van der Waals surface area (Å²) in [7, 11) is 0. The lowest BCUT2D eigenvalue weighted by Gasteiger charge is -2.32. The number of aliphatic hydroxyl groups excluding tert-OH is 1. The van der Waals surface area contributed by atoms with Gasteiger partial charge >= 0.3 is 0 Å². The van der Waals surface area contributed by atoms with Crippen LogP contribution in [0.4, 0.5) is 0 Å². The van der Waals surface area contributed by atoms with Gasteiger partial charge in [0.15, 0.2) is 0 Å². The van der Waals surface area contributed by atoms with E-state index in [1.54, 1.807) is 6.26 Å². The van der Waals surface area contributed by atoms with Gasteiger partial charge in [-0.1, -0.05) is 20.3 Å². The van der Waals surface area contributed by atoms with Crippen molar-refractivity contribution in [1.82, 2.24) is 9.88 Å². The van der Waals surface area contributed by atoms with Gasteiger partial charge in [-0.25, -0.2) is 4.98 Å². The van der Waals surface area contributed by atoms with Crippen LogP contribution >= 0.6 is 0 Å². The molecule has 2 heterocycles. The summed E-state index contributed by atoms with van der Waals surface area (Å²) in [5.74, 6) is 0.882. The standard InChI is InChI=1S/C13H22N2O2/c1-3-15-7-5-4-6-12(15)13-14-11(9-17-13)10(2)8-16/h9-10,12,16H,3-8H2,1-2H3. The molecule has 0 amide bonds. The van der Waals surface area contributed by atoms with E-state index < -0.39 is 0 Å². The van der Waals surface area contributed by atoms with Crippen molar-refractivity contribution < 1.29 is 9.52 Å². The number of piperidine rings is 1. The van der Waals surface area contributed by atoms with Crippen molar-refractivity contribution in [3.63, 3.8) is 0 Å². The van der Waals surface area contributed by atoms with Crippen molar-refractivity contribution in [1.29, 1.82) is 0 Å². The molecule has 1 N–H and O–H groups in total. The van der Waals surface area contributed by atoms with E-state index in [0.29, 0.717) is 6.04 Å². The van der Waals surface area contributed by atoms with Gasteiger partial charge in [0.1, 0.15) is 6.26 Å². The van der Waals surface area contributed by atoms with Crippen LogP contribution in [0, 0.1) is 0 Å². The molecule has 0 saturated carbocycles. The molecule has 1 saturated heterocycles. The van der Waals surface area contributed by atoms with E-state index in [1.165, 1.54) is 12.8 Å². The summed E-state index contributed by atoms with van der Waals surface area (Å²) >= 11 is 0. The molecule has 2 rings (SSSR count). The van der Waals surface area contributed by atoms with E-state index >= 15 is 0 Å². The number of rotatable bonds is 4. The minimum atomic E-state index is 0.0613. The van der Waals surface area contributed by atoms with Gasteiger partial charge in [0.25, 0.3) is 0 Å². The minimum Gasteiger partial charge on any atom is -0.447 e. The first-order chi connectivity index (χ1) is 8.26. The molecule has 2 atom stereocenters. The first-order valence-corrected chi connectivity index (χ1v) is 6.56. The van der Waals surface area contributed by atoms with Crippen molar-refractivity contribution in [2.75, 3.05) is 19.7 Å². The second kappa shape index (κ2) is 5.65. The van der Waals surface area contributed by atoms with Crippen LogP contribution in [-0.4, -0.2) is 34.7 Å². The highest BCUT2D eigenvalue weighted by Gasteiger charge is 2.27. The van der Waals surface area contributed by atoms with Crippen LogP contribution in [0.15, 0.2) is 10.7 Å². The van der Waals surface area contributed by atoms with Gasteiger partial charge in [0.05, 0.1) is 18.3 Å². The highest BCUT2D eigenvalue weighted by molar-refractivity contribution is 5.06. The van der Waals surface area contributed by atoms with Crippen molar-refractivity contribution in [2.45, 2.75) is 45.1 Å². The molecule has 0 aromatic carbocycles. The van der Waals surface area contributed by atoms with Gasteiger partial charge in [0.2, 0.25) is 5.89 Å². The Morgan fingerprint density at radius 1 is 1.59 bits per heavy atom. The van der Waals surface area contributed by atoms with Crippen molar-refractivity contribution in [2.24, 2.45) is 0 Å². The predicted molar refractivity (Wildman–Crippen MR) is 65.8 cm³/mol. The fourth-order valence-electron chi connectivity index (χ4n) is 2.42. The third-order valence-electron chi connectivity index (χ3n) is 3.62. The minimum absolute atomic E-state index is 0.0613. The molecule has 0 aliphatic carbocycles. The van der Waals surface area contributed by atoms with Gasteiger partial charge in [-0.3, -0.25) is 4.90 Å². The first kappa shape index (κ1) is 12.6. The summed E-state index contributed by atoms with van der Waals surface area (Å²) in [5.41, 5.74) is 0.865. The van der Waals surface area contributed by atoms with Gasteiger partial charge in [0, 0.05) is 5.92 Å². The smallest absolute Gasteiger partial charge is 0.211 e. The Kier molecular flexibility index (Phi) is 4.18. The van der Waals surface area contributed by atoms with Crippen LogP contribution in [0.2, 0.25) is 0 Å². The summed E-state index contributed by atoms with van der Waals surface area (Å²) in [6.07, 6.45) is 5.33. The lowest BCUT2D eigenvalue weighted by molar-refractivity contribution is 0.132. The number of likely N-dealkylation sites (tertiary alicyclic amines) is 1. The molecule has 1 fully saturated rings. The number of aromatic nitrogens is 1. The van der Waals surface area contributed by atoms with Crippen molar-refractivity contribution in [3.05, 3.63) is 17.8 Å². The monoisotopic (exact) mass is 238 g/mol. The van der Waals surface area contributed by atoms with E-state index in [2.05, 4.69) is 16.8 Å². The number of nitrogens with zero attached hydrogens (tertiary/aromatic N) is 2. The molecule has 0 radical (unpaired) electrons. The van der Waals surface area contributed by atoms with E-state index in [-0.39, 0.29) is 12.5 Å². The van der Waals surface area contributed by atoms with Gasteiger partial charge in [-0.05, 0) is 25.9 Å². The molecule has 1 aliphatic rings. The van der Waals surface area contributed by atoms with Crippen LogP contribution in [0.3, 0.4) is 0 Å². The van der Waals surface area contributed by atoms with Gasteiger partial charge < -0.3 is 9.52 Å². The number of hydrogen-bond acceptors (Lipinski definition) is 4. The Morgan fingerprint density at radius 3 is 3.12 bits per heavy atom. The van der Waals surface area contributed by atoms with Crippen LogP contribution in [0.5, 0.6) is 0 Å². The highest BCUT2D eigenvalue weighted by atomic mass is 16.3. The normalized spacial score (nSPS) is 23.8. The largest absolute Gasteiger partial charge is 0.447 e. The maximum atomic E-state index is 9.11. The highest BCUT2D eigenvalue weighted by Crippen LogP contribution is 2.30. The topological polar surface area (TPSA) is 49.5 Å². The van der Waals surface area contributed by atoms with Gasteiger partial charge in [-0.2, -0.15) is 0 Å². The zero-order chi connectivity index (χ0) is 12.3. The van der Waals surface area contributed by atoms with Crippen molar-refractivity contribution in [3.8, 4) is 0 Å². The van der Waals surface area contributed by atoms with Crippen LogP contribution in [0.1, 0.15) is 56.7 Å². The van der Waals surface area contributed by atoms with Crippen molar-refractivity contribution >= 4 is 0 Å². The molecular weight excluding hydrogens is 216 g/mol. The fraction of sp³-hybridized carbons (Fsp3) is 0.769. The van der Waals surface area contributed by atoms with Crippen LogP contribution < -0.4 is 0 Å². The SMILES string of the molecule is CCN1CCCCC1c1nc(C(C)CO)co1. The number of oxazole rings is 1. The Labute approximate surface area is 103 Å². The quantitative estimate of drug-likeness (QED) is 0.874. The second-order valence-electron chi connectivity index (χ2n) is 4.83. The Balaban J connectivity index is 2.12. The maximum absolute atomic E-state index is 9.11.